The molecule has 0 saturated carbocycles. The lowest BCUT2D eigenvalue weighted by Crippen LogP contribution is -2.01. The Kier molecular flexibility index (Phi) is 5.32. The number of hydrogen-bond acceptors (Lipinski definition) is 2. The van der Waals surface area contributed by atoms with Gasteiger partial charge >= 0.3 is 0 Å². The molecule has 0 bridgehead atoms. The van der Waals surface area contributed by atoms with Crippen LogP contribution in [0, 0.1) is 6.10 Å². The van der Waals surface area contributed by atoms with Crippen LogP contribution in [0.5, 0.6) is 0 Å². The predicted molar refractivity (Wildman–Crippen MR) is 36.7 cm³/mol. The van der Waals surface area contributed by atoms with Crippen LogP contribution in [-0.4, -0.2) is 13.2 Å². The maximum absolute atomic E-state index is 5.09. The summed E-state index contributed by atoms with van der Waals surface area (Å²) in [5, 5.41) is 0. The summed E-state index contributed by atoms with van der Waals surface area (Å²) >= 11 is 0. The second kappa shape index (κ2) is 5.63. The Morgan fingerprint density at radius 3 is 2.56 bits per heavy atom. The van der Waals surface area contributed by atoms with E-state index in [2.05, 4.69) is 6.58 Å². The van der Waals surface area contributed by atoms with Crippen LogP contribution >= 0.6 is 0 Å². The van der Waals surface area contributed by atoms with Gasteiger partial charge in [0.05, 0.1) is 19.0 Å². The van der Waals surface area contributed by atoms with Crippen LogP contribution in [0.2, 0.25) is 0 Å². The molecule has 0 unspecified atom stereocenters. The van der Waals surface area contributed by atoms with Crippen molar-refractivity contribution in [2.45, 2.75) is 13.8 Å². The van der Waals surface area contributed by atoms with Crippen molar-refractivity contribution < 1.29 is 9.47 Å². The molecule has 0 aliphatic heterocycles. The third-order valence-corrected chi connectivity index (χ3v) is 0.710. The summed E-state index contributed by atoms with van der Waals surface area (Å²) in [6.45, 7) is 8.40. The van der Waals surface area contributed by atoms with Crippen LogP contribution in [0.1, 0.15) is 13.8 Å². The van der Waals surface area contributed by atoms with E-state index < -0.39 is 0 Å². The van der Waals surface area contributed by atoms with Gasteiger partial charge in [-0.2, -0.15) is 0 Å². The highest BCUT2D eigenvalue weighted by molar-refractivity contribution is 4.59. The lowest BCUT2D eigenvalue weighted by atomic mass is 10.5. The zero-order valence-electron chi connectivity index (χ0n) is 6.02. The molecule has 0 aromatic heterocycles. The lowest BCUT2D eigenvalue weighted by molar-refractivity contribution is 0.1000. The molecular formula is C7H13O2. The molecule has 0 atom stereocenters. The summed E-state index contributed by atoms with van der Waals surface area (Å²) < 4.78 is 9.90. The Morgan fingerprint density at radius 2 is 2.11 bits per heavy atom. The molecule has 0 aliphatic rings. The number of hydrogen-bond donors (Lipinski definition) is 0. The van der Waals surface area contributed by atoms with Gasteiger partial charge in [-0.05, 0) is 13.8 Å². The van der Waals surface area contributed by atoms with Crippen LogP contribution < -0.4 is 0 Å². The smallest absolute Gasteiger partial charge is 0.111 e. The zero-order chi connectivity index (χ0) is 7.11. The van der Waals surface area contributed by atoms with Gasteiger partial charge in [0, 0.05) is 0 Å². The molecule has 1 radical (unpaired) electrons. The fraction of sp³-hybridized carbons (Fsp3) is 0.571. The molecule has 2 heteroatoms. The Bertz CT molecular complexity index is 69.3. The topological polar surface area (TPSA) is 18.5 Å². The van der Waals surface area contributed by atoms with E-state index in [1.165, 1.54) is 6.26 Å². The molecule has 0 amide bonds. The lowest BCUT2D eigenvalue weighted by Gasteiger charge is -2.04. The second-order valence-corrected chi connectivity index (χ2v) is 1.79. The van der Waals surface area contributed by atoms with Gasteiger partial charge in [0.15, 0.2) is 0 Å². The highest BCUT2D eigenvalue weighted by atomic mass is 16.5. The molecule has 9 heavy (non-hydrogen) atoms. The van der Waals surface area contributed by atoms with E-state index in [1.54, 1.807) is 0 Å². The van der Waals surface area contributed by atoms with Gasteiger partial charge < -0.3 is 9.47 Å². The van der Waals surface area contributed by atoms with Crippen LogP contribution in [0.25, 0.3) is 0 Å². The Hall–Kier alpha value is -0.500. The van der Waals surface area contributed by atoms with Gasteiger partial charge in [0.1, 0.15) is 6.61 Å². The molecule has 0 saturated heterocycles. The van der Waals surface area contributed by atoms with Gasteiger partial charge in [-0.3, -0.25) is 0 Å². The minimum absolute atomic E-state index is 0.578. The maximum Gasteiger partial charge on any atom is 0.111 e. The Labute approximate surface area is 56.5 Å². The van der Waals surface area contributed by atoms with Crippen molar-refractivity contribution >= 4 is 0 Å². The molecule has 0 aromatic carbocycles. The van der Waals surface area contributed by atoms with E-state index in [-0.39, 0.29) is 0 Å². The molecule has 2 nitrogen and oxygen atoms in total. The largest absolute Gasteiger partial charge is 0.499 e. The molecule has 0 heterocycles. The first-order valence-electron chi connectivity index (χ1n) is 2.93. The molecule has 0 aromatic rings. The summed E-state index contributed by atoms with van der Waals surface area (Å²) in [4.78, 5) is 0. The third-order valence-electron chi connectivity index (χ3n) is 0.710. The first-order chi connectivity index (χ1) is 4.27. The van der Waals surface area contributed by atoms with Gasteiger partial charge in [-0.1, -0.05) is 6.58 Å². The number of rotatable bonds is 5. The maximum atomic E-state index is 5.09. The van der Waals surface area contributed by atoms with Crippen molar-refractivity contribution in [2.24, 2.45) is 0 Å². The van der Waals surface area contributed by atoms with E-state index in [0.29, 0.717) is 13.2 Å². The second-order valence-electron chi connectivity index (χ2n) is 1.79. The quantitative estimate of drug-likeness (QED) is 0.416. The zero-order valence-corrected chi connectivity index (χ0v) is 6.02. The predicted octanol–water partition coefficient (Wildman–Crippen LogP) is 1.73. The standard InChI is InChI=1S/C7H13O2/c1-4-8-5-6-9-7(2)3/h4H,1,5-6H2,2-3H3. The fourth-order valence-corrected chi connectivity index (χ4v) is 0.377. The molecule has 0 spiro atoms. The van der Waals surface area contributed by atoms with Crippen molar-refractivity contribution in [3.8, 4) is 0 Å². The molecule has 53 valence electrons. The average molecular weight is 129 g/mol. The minimum Gasteiger partial charge on any atom is -0.499 e. The average Bonchev–Trinajstić information content (AvgIpc) is 1.80. The van der Waals surface area contributed by atoms with E-state index in [4.69, 9.17) is 9.47 Å². The van der Waals surface area contributed by atoms with Crippen LogP contribution in [0.15, 0.2) is 12.8 Å². The van der Waals surface area contributed by atoms with Crippen molar-refractivity contribution in [1.29, 1.82) is 0 Å². The van der Waals surface area contributed by atoms with Crippen LogP contribution in [-0.2, 0) is 9.47 Å². The highest BCUT2D eigenvalue weighted by Gasteiger charge is 1.91. The van der Waals surface area contributed by atoms with E-state index in [9.17, 15) is 0 Å². The van der Waals surface area contributed by atoms with E-state index in [0.717, 1.165) is 6.10 Å². The molecule has 0 aliphatic carbocycles. The van der Waals surface area contributed by atoms with E-state index >= 15 is 0 Å². The molecule has 0 fully saturated rings. The van der Waals surface area contributed by atoms with Gasteiger partial charge in [-0.15, -0.1) is 0 Å². The normalized spacial score (nSPS) is 9.67. The summed E-state index contributed by atoms with van der Waals surface area (Å²) in [5.41, 5.74) is 0. The van der Waals surface area contributed by atoms with Crippen molar-refractivity contribution in [2.75, 3.05) is 13.2 Å². The Balaban J connectivity index is 2.82. The van der Waals surface area contributed by atoms with Gasteiger partial charge in [0.2, 0.25) is 0 Å². The molecule has 0 rings (SSSR count). The monoisotopic (exact) mass is 129 g/mol. The van der Waals surface area contributed by atoms with Crippen molar-refractivity contribution in [1.82, 2.24) is 0 Å². The third kappa shape index (κ3) is 7.50. The Morgan fingerprint density at radius 1 is 1.44 bits per heavy atom. The first kappa shape index (κ1) is 8.50. The van der Waals surface area contributed by atoms with Crippen LogP contribution in [0.3, 0.4) is 0 Å². The van der Waals surface area contributed by atoms with Crippen molar-refractivity contribution in [3.05, 3.63) is 18.9 Å². The van der Waals surface area contributed by atoms with Gasteiger partial charge in [0.25, 0.3) is 0 Å². The summed E-state index contributed by atoms with van der Waals surface area (Å²) in [7, 11) is 0. The SMILES string of the molecule is C=COCCO[C](C)C. The highest BCUT2D eigenvalue weighted by Crippen LogP contribution is 1.95. The number of ether oxygens (including phenoxy) is 2. The first-order valence-corrected chi connectivity index (χ1v) is 2.93. The fourth-order valence-electron chi connectivity index (χ4n) is 0.377. The minimum atomic E-state index is 0.578. The summed E-state index contributed by atoms with van der Waals surface area (Å²) in [5.74, 6) is 0. The molecular weight excluding hydrogens is 116 g/mol. The summed E-state index contributed by atoms with van der Waals surface area (Å²) in [6.07, 6.45) is 2.37. The van der Waals surface area contributed by atoms with Gasteiger partial charge in [-0.25, -0.2) is 0 Å². The summed E-state index contributed by atoms with van der Waals surface area (Å²) in [6, 6.07) is 0. The molecule has 0 N–H and O–H groups in total. The van der Waals surface area contributed by atoms with E-state index in [1.807, 2.05) is 13.8 Å². The van der Waals surface area contributed by atoms with Crippen LogP contribution in [0.4, 0.5) is 0 Å². The van der Waals surface area contributed by atoms with Crippen molar-refractivity contribution in [3.63, 3.8) is 0 Å².